The lowest BCUT2D eigenvalue weighted by atomic mass is 10.3. The van der Waals surface area contributed by atoms with Gasteiger partial charge in [0.1, 0.15) is 11.6 Å². The molecule has 0 saturated heterocycles. The summed E-state index contributed by atoms with van der Waals surface area (Å²) in [5.41, 5.74) is -0.849. The van der Waals surface area contributed by atoms with E-state index in [1.54, 1.807) is 0 Å². The van der Waals surface area contributed by atoms with Crippen LogP contribution in [0.3, 0.4) is 0 Å². The fraction of sp³-hybridized carbons (Fsp3) is 0.267. The van der Waals surface area contributed by atoms with Gasteiger partial charge in [-0.1, -0.05) is 0 Å². The minimum absolute atomic E-state index is 0.0388. The third kappa shape index (κ3) is 5.33. The van der Waals surface area contributed by atoms with E-state index in [1.165, 1.54) is 37.4 Å². The maximum atomic E-state index is 12.4. The average Bonchev–Trinajstić information content (AvgIpc) is 2.58. The molecule has 25 heavy (non-hydrogen) atoms. The highest BCUT2D eigenvalue weighted by molar-refractivity contribution is 7.89. The van der Waals surface area contributed by atoms with Crippen LogP contribution in [0.25, 0.3) is 0 Å². The molecule has 2 rings (SSSR count). The van der Waals surface area contributed by atoms with E-state index in [4.69, 9.17) is 4.74 Å². The van der Waals surface area contributed by atoms with Crippen LogP contribution in [0.2, 0.25) is 0 Å². The van der Waals surface area contributed by atoms with Crippen molar-refractivity contribution in [2.45, 2.75) is 11.1 Å². The van der Waals surface area contributed by atoms with E-state index in [2.05, 4.69) is 15.0 Å². The number of anilines is 1. The van der Waals surface area contributed by atoms with Gasteiger partial charge in [0.2, 0.25) is 10.0 Å². The smallest absolute Gasteiger partial charge is 0.417 e. The minimum Gasteiger partial charge on any atom is -0.497 e. The molecule has 2 aromatic rings. The molecule has 10 heteroatoms. The highest BCUT2D eigenvalue weighted by Crippen LogP contribution is 2.28. The Hall–Kier alpha value is -2.33. The van der Waals surface area contributed by atoms with Crippen molar-refractivity contribution < 1.29 is 26.3 Å². The third-order valence-electron chi connectivity index (χ3n) is 3.18. The predicted molar refractivity (Wildman–Crippen MR) is 85.9 cm³/mol. The Balaban J connectivity index is 1.85. The van der Waals surface area contributed by atoms with Crippen LogP contribution in [0.4, 0.5) is 19.0 Å². The molecule has 0 spiro atoms. The van der Waals surface area contributed by atoms with E-state index < -0.39 is 21.8 Å². The summed E-state index contributed by atoms with van der Waals surface area (Å²) in [6.07, 6.45) is -3.73. The standard InChI is InChI=1S/C15H16F3N3O3S/c1-24-12-3-5-13(6-4-12)25(22,23)21-9-8-19-14-7-2-11(10-20-14)15(16,17)18/h2-7,10,21H,8-9H2,1H3,(H,19,20). The Bertz CT molecular complexity index is 792. The zero-order chi connectivity index (χ0) is 18.5. The molecule has 1 heterocycles. The number of nitrogens with zero attached hydrogens (tertiary/aromatic N) is 1. The number of methoxy groups -OCH3 is 1. The van der Waals surface area contributed by atoms with Crippen LogP contribution in [0.15, 0.2) is 47.5 Å². The molecule has 2 N–H and O–H groups in total. The number of hydrogen-bond acceptors (Lipinski definition) is 5. The van der Waals surface area contributed by atoms with E-state index >= 15 is 0 Å². The Morgan fingerprint density at radius 2 is 1.76 bits per heavy atom. The number of alkyl halides is 3. The lowest BCUT2D eigenvalue weighted by molar-refractivity contribution is -0.137. The summed E-state index contributed by atoms with van der Waals surface area (Å²) in [5, 5.41) is 2.74. The fourth-order valence-electron chi connectivity index (χ4n) is 1.88. The molecule has 0 amide bonds. The number of ether oxygens (including phenoxy) is 1. The maximum absolute atomic E-state index is 12.4. The summed E-state index contributed by atoms with van der Waals surface area (Å²) in [6.45, 7) is 0.199. The Morgan fingerprint density at radius 3 is 2.28 bits per heavy atom. The second-order valence-corrected chi connectivity index (χ2v) is 6.70. The Morgan fingerprint density at radius 1 is 1.08 bits per heavy atom. The molecule has 0 unspecified atom stereocenters. The van der Waals surface area contributed by atoms with Crippen molar-refractivity contribution in [1.82, 2.24) is 9.71 Å². The highest BCUT2D eigenvalue weighted by atomic mass is 32.2. The molecule has 0 fully saturated rings. The summed E-state index contributed by atoms with van der Waals surface area (Å²) >= 11 is 0. The number of hydrogen-bond donors (Lipinski definition) is 2. The molecule has 0 aliphatic rings. The van der Waals surface area contributed by atoms with E-state index in [0.717, 1.165) is 6.07 Å². The third-order valence-corrected chi connectivity index (χ3v) is 4.66. The molecule has 0 aliphatic carbocycles. The summed E-state index contributed by atoms with van der Waals surface area (Å²) in [4.78, 5) is 3.72. The van der Waals surface area contributed by atoms with Crippen LogP contribution < -0.4 is 14.8 Å². The number of aromatic nitrogens is 1. The van der Waals surface area contributed by atoms with Gasteiger partial charge in [0.05, 0.1) is 17.6 Å². The van der Waals surface area contributed by atoms with Gasteiger partial charge in [-0.25, -0.2) is 18.1 Å². The highest BCUT2D eigenvalue weighted by Gasteiger charge is 2.30. The van der Waals surface area contributed by atoms with Crippen molar-refractivity contribution in [2.75, 3.05) is 25.5 Å². The Kier molecular flexibility index (Phi) is 5.85. The summed E-state index contributed by atoms with van der Waals surface area (Å²) < 4.78 is 68.8. The largest absolute Gasteiger partial charge is 0.497 e. The monoisotopic (exact) mass is 375 g/mol. The maximum Gasteiger partial charge on any atom is 0.417 e. The van der Waals surface area contributed by atoms with Crippen molar-refractivity contribution in [2.24, 2.45) is 0 Å². The first kappa shape index (κ1) is 19.0. The first-order valence-electron chi connectivity index (χ1n) is 7.13. The minimum atomic E-state index is -4.44. The number of benzene rings is 1. The van der Waals surface area contributed by atoms with Gasteiger partial charge in [-0.05, 0) is 36.4 Å². The van der Waals surface area contributed by atoms with Gasteiger partial charge in [-0.2, -0.15) is 13.2 Å². The molecular formula is C15H16F3N3O3S. The lowest BCUT2D eigenvalue weighted by Crippen LogP contribution is -2.29. The van der Waals surface area contributed by atoms with Gasteiger partial charge in [0, 0.05) is 19.3 Å². The van der Waals surface area contributed by atoms with Crippen LogP contribution in [-0.4, -0.2) is 33.6 Å². The molecule has 1 aromatic heterocycles. The number of rotatable bonds is 7. The quantitative estimate of drug-likeness (QED) is 0.727. The molecule has 0 atom stereocenters. The molecule has 6 nitrogen and oxygen atoms in total. The molecular weight excluding hydrogens is 359 g/mol. The average molecular weight is 375 g/mol. The first-order valence-corrected chi connectivity index (χ1v) is 8.61. The van der Waals surface area contributed by atoms with Crippen LogP contribution >= 0.6 is 0 Å². The molecule has 0 aliphatic heterocycles. The second-order valence-electron chi connectivity index (χ2n) is 4.93. The fourth-order valence-corrected chi connectivity index (χ4v) is 2.91. The van der Waals surface area contributed by atoms with Gasteiger partial charge in [0.15, 0.2) is 0 Å². The van der Waals surface area contributed by atoms with Crippen LogP contribution in [0.1, 0.15) is 5.56 Å². The van der Waals surface area contributed by atoms with Crippen molar-refractivity contribution in [3.05, 3.63) is 48.2 Å². The molecule has 1 aromatic carbocycles. The Labute approximate surface area is 143 Å². The zero-order valence-electron chi connectivity index (χ0n) is 13.2. The summed E-state index contributed by atoms with van der Waals surface area (Å²) in [5.74, 6) is 0.755. The number of pyridine rings is 1. The van der Waals surface area contributed by atoms with Crippen molar-refractivity contribution >= 4 is 15.8 Å². The van der Waals surface area contributed by atoms with Crippen molar-refractivity contribution in [1.29, 1.82) is 0 Å². The molecule has 0 radical (unpaired) electrons. The topological polar surface area (TPSA) is 80.3 Å². The first-order chi connectivity index (χ1) is 11.7. The predicted octanol–water partition coefficient (Wildman–Crippen LogP) is 2.50. The SMILES string of the molecule is COc1ccc(S(=O)(=O)NCCNc2ccc(C(F)(F)F)cn2)cc1. The zero-order valence-corrected chi connectivity index (χ0v) is 14.0. The van der Waals surface area contributed by atoms with E-state index in [-0.39, 0.29) is 23.8 Å². The van der Waals surface area contributed by atoms with E-state index in [9.17, 15) is 21.6 Å². The lowest BCUT2D eigenvalue weighted by Gasteiger charge is -2.10. The van der Waals surface area contributed by atoms with Gasteiger partial charge >= 0.3 is 6.18 Å². The second kappa shape index (κ2) is 7.70. The van der Waals surface area contributed by atoms with Crippen LogP contribution in [0.5, 0.6) is 5.75 Å². The summed E-state index contributed by atoms with van der Waals surface area (Å²) in [6, 6.07) is 7.95. The molecule has 0 bridgehead atoms. The van der Waals surface area contributed by atoms with Crippen molar-refractivity contribution in [3.63, 3.8) is 0 Å². The molecule has 136 valence electrons. The number of halogens is 3. The van der Waals surface area contributed by atoms with Crippen molar-refractivity contribution in [3.8, 4) is 5.75 Å². The molecule has 0 saturated carbocycles. The van der Waals surface area contributed by atoms with E-state index in [1.807, 2.05) is 0 Å². The summed E-state index contributed by atoms with van der Waals surface area (Å²) in [7, 11) is -2.21. The van der Waals surface area contributed by atoms with Crippen LogP contribution in [-0.2, 0) is 16.2 Å². The van der Waals surface area contributed by atoms with E-state index in [0.29, 0.717) is 11.9 Å². The number of sulfonamides is 1. The van der Waals surface area contributed by atoms with Gasteiger partial charge in [-0.3, -0.25) is 0 Å². The van der Waals surface area contributed by atoms with Crippen LogP contribution in [0, 0.1) is 0 Å². The van der Waals surface area contributed by atoms with Gasteiger partial charge in [0.25, 0.3) is 0 Å². The van der Waals surface area contributed by atoms with Gasteiger partial charge in [-0.15, -0.1) is 0 Å². The van der Waals surface area contributed by atoms with Gasteiger partial charge < -0.3 is 10.1 Å². The number of nitrogens with one attached hydrogen (secondary N) is 2. The normalized spacial score (nSPS) is 12.0.